The largest absolute Gasteiger partial charge is 0.488 e. The Hall–Kier alpha value is -2.36. The third-order valence-electron chi connectivity index (χ3n) is 3.99. The molecular weight excluding hydrogens is 317 g/mol. The Balaban J connectivity index is 1.99. The normalized spacial score (nSPS) is 12.0. The van der Waals surface area contributed by atoms with Crippen LogP contribution >= 0.6 is 0 Å². The average molecular weight is 343 g/mol. The summed E-state index contributed by atoms with van der Waals surface area (Å²) in [7, 11) is 0. The fourth-order valence-corrected chi connectivity index (χ4v) is 2.48. The van der Waals surface area contributed by atoms with E-state index in [9.17, 15) is 9.18 Å². The molecule has 0 radical (unpaired) electrons. The van der Waals surface area contributed by atoms with Crippen LogP contribution in [0.15, 0.2) is 48.5 Å². The highest BCUT2D eigenvalue weighted by Crippen LogP contribution is 2.20. The smallest absolute Gasteiger partial charge is 0.255 e. The molecule has 0 unspecified atom stereocenters. The summed E-state index contributed by atoms with van der Waals surface area (Å²) in [6, 6.07) is 13.4. The highest BCUT2D eigenvalue weighted by molar-refractivity contribution is 5.97. The van der Waals surface area contributed by atoms with Gasteiger partial charge in [0.2, 0.25) is 0 Å². The van der Waals surface area contributed by atoms with Gasteiger partial charge in [-0.15, -0.1) is 0 Å². The van der Waals surface area contributed by atoms with E-state index >= 15 is 0 Å². The van der Waals surface area contributed by atoms with Crippen LogP contribution < -0.4 is 10.1 Å². The van der Waals surface area contributed by atoms with Crippen LogP contribution in [-0.4, -0.2) is 11.9 Å². The first-order chi connectivity index (χ1) is 12.0. The first kappa shape index (κ1) is 19.0. The van der Waals surface area contributed by atoms with Crippen molar-refractivity contribution < 1.29 is 13.9 Å². The fraction of sp³-hybridized carbons (Fsp3) is 0.381. The molecule has 0 heterocycles. The molecule has 0 spiro atoms. The third-order valence-corrected chi connectivity index (χ3v) is 3.99. The number of halogens is 1. The van der Waals surface area contributed by atoms with E-state index in [1.165, 1.54) is 12.1 Å². The van der Waals surface area contributed by atoms with Gasteiger partial charge in [0.05, 0.1) is 5.56 Å². The van der Waals surface area contributed by atoms with Gasteiger partial charge < -0.3 is 10.1 Å². The second-order valence-corrected chi connectivity index (χ2v) is 6.76. The van der Waals surface area contributed by atoms with E-state index in [0.717, 1.165) is 18.4 Å². The quantitative estimate of drug-likeness (QED) is 0.736. The highest BCUT2D eigenvalue weighted by Gasteiger charge is 2.15. The molecule has 0 saturated carbocycles. The molecule has 3 nitrogen and oxygen atoms in total. The lowest BCUT2D eigenvalue weighted by Crippen LogP contribution is -2.33. The van der Waals surface area contributed by atoms with Crippen molar-refractivity contribution in [1.29, 1.82) is 0 Å². The minimum Gasteiger partial charge on any atom is -0.488 e. The topological polar surface area (TPSA) is 38.3 Å². The van der Waals surface area contributed by atoms with E-state index in [4.69, 9.17) is 4.74 Å². The van der Waals surface area contributed by atoms with Gasteiger partial charge in [-0.2, -0.15) is 0 Å². The maximum Gasteiger partial charge on any atom is 0.255 e. The summed E-state index contributed by atoms with van der Waals surface area (Å²) in [6.07, 6.45) is 2.02. The number of carbonyl (C=O) groups excluding carboxylic acids is 1. The van der Waals surface area contributed by atoms with Crippen molar-refractivity contribution >= 4 is 5.91 Å². The van der Waals surface area contributed by atoms with Crippen molar-refractivity contribution in [3.8, 4) is 5.75 Å². The second kappa shape index (κ2) is 9.21. The maximum atomic E-state index is 13.0. The zero-order valence-corrected chi connectivity index (χ0v) is 15.1. The molecule has 2 rings (SSSR count). The summed E-state index contributed by atoms with van der Waals surface area (Å²) in [5, 5.41) is 3.03. The van der Waals surface area contributed by atoms with Crippen LogP contribution in [0, 0.1) is 11.7 Å². The molecule has 4 heteroatoms. The average Bonchev–Trinajstić information content (AvgIpc) is 2.59. The molecule has 0 aliphatic carbocycles. The molecule has 1 amide bonds. The van der Waals surface area contributed by atoms with Gasteiger partial charge >= 0.3 is 0 Å². The Labute approximate surface area is 149 Å². The van der Waals surface area contributed by atoms with Gasteiger partial charge in [-0.05, 0) is 55.5 Å². The van der Waals surface area contributed by atoms with Crippen molar-refractivity contribution in [2.24, 2.45) is 5.92 Å². The lowest BCUT2D eigenvalue weighted by Gasteiger charge is -2.17. The van der Waals surface area contributed by atoms with Gasteiger partial charge in [0.15, 0.2) is 0 Å². The van der Waals surface area contributed by atoms with Crippen molar-refractivity contribution in [3.05, 3.63) is 65.5 Å². The summed E-state index contributed by atoms with van der Waals surface area (Å²) in [4.78, 5) is 12.5. The Morgan fingerprint density at radius 1 is 1.04 bits per heavy atom. The van der Waals surface area contributed by atoms with Crippen molar-refractivity contribution in [2.45, 2.75) is 46.3 Å². The van der Waals surface area contributed by atoms with Gasteiger partial charge in [0, 0.05) is 6.04 Å². The molecule has 1 atom stereocenters. The predicted octanol–water partition coefficient (Wildman–Crippen LogP) is 4.96. The van der Waals surface area contributed by atoms with E-state index in [2.05, 4.69) is 19.2 Å². The lowest BCUT2D eigenvalue weighted by molar-refractivity contribution is 0.0932. The number of hydrogen-bond donors (Lipinski definition) is 1. The number of amides is 1. The van der Waals surface area contributed by atoms with E-state index in [1.807, 2.05) is 19.1 Å². The molecule has 25 heavy (non-hydrogen) atoms. The van der Waals surface area contributed by atoms with E-state index in [-0.39, 0.29) is 24.4 Å². The van der Waals surface area contributed by atoms with Crippen LogP contribution in [0.1, 0.15) is 49.5 Å². The van der Waals surface area contributed by atoms with Gasteiger partial charge in [-0.3, -0.25) is 4.79 Å². The summed E-state index contributed by atoms with van der Waals surface area (Å²) in [5.74, 6) is 0.732. The van der Waals surface area contributed by atoms with Gasteiger partial charge in [0.1, 0.15) is 18.2 Å². The Morgan fingerprint density at radius 2 is 1.72 bits per heavy atom. The van der Waals surface area contributed by atoms with Crippen LogP contribution in [-0.2, 0) is 6.61 Å². The Morgan fingerprint density at radius 3 is 2.40 bits per heavy atom. The molecule has 0 aliphatic heterocycles. The van der Waals surface area contributed by atoms with Crippen molar-refractivity contribution in [1.82, 2.24) is 5.32 Å². The lowest BCUT2D eigenvalue weighted by atomic mass is 10.0. The summed E-state index contributed by atoms with van der Waals surface area (Å²) < 4.78 is 18.7. The Kier molecular flexibility index (Phi) is 6.99. The molecule has 0 aromatic heterocycles. The van der Waals surface area contributed by atoms with Crippen LogP contribution in [0.3, 0.4) is 0 Å². The number of rotatable bonds is 8. The Bertz CT molecular complexity index is 683. The number of carbonyl (C=O) groups is 1. The maximum absolute atomic E-state index is 13.0. The standard InChI is InChI=1S/C21H26FNO2/c1-15(2)8-9-16(3)23-21(24)19-6-4-5-7-20(19)25-14-17-10-12-18(22)13-11-17/h4-7,10-13,15-16H,8-9,14H2,1-3H3,(H,23,24)/t16-/m0/s1. The zero-order chi connectivity index (χ0) is 18.2. The van der Waals surface area contributed by atoms with Crippen LogP contribution in [0.5, 0.6) is 5.75 Å². The molecule has 2 aromatic rings. The van der Waals surface area contributed by atoms with Crippen LogP contribution in [0.4, 0.5) is 4.39 Å². The number of nitrogens with one attached hydrogen (secondary N) is 1. The van der Waals surface area contributed by atoms with Gasteiger partial charge in [-0.1, -0.05) is 38.1 Å². The minimum atomic E-state index is -0.279. The van der Waals surface area contributed by atoms with Gasteiger partial charge in [-0.25, -0.2) is 4.39 Å². The predicted molar refractivity (Wildman–Crippen MR) is 98.2 cm³/mol. The third kappa shape index (κ3) is 6.22. The minimum absolute atomic E-state index is 0.111. The van der Waals surface area contributed by atoms with E-state index < -0.39 is 0 Å². The monoisotopic (exact) mass is 343 g/mol. The molecule has 0 fully saturated rings. The fourth-order valence-electron chi connectivity index (χ4n) is 2.48. The SMILES string of the molecule is CC(C)CC[C@H](C)NC(=O)c1ccccc1OCc1ccc(F)cc1. The summed E-state index contributed by atoms with van der Waals surface area (Å²) in [6.45, 7) is 6.65. The van der Waals surface area contributed by atoms with Crippen LogP contribution in [0.25, 0.3) is 0 Å². The summed E-state index contributed by atoms with van der Waals surface area (Å²) >= 11 is 0. The number of ether oxygens (including phenoxy) is 1. The molecule has 1 N–H and O–H groups in total. The summed E-state index contributed by atoms with van der Waals surface area (Å²) in [5.41, 5.74) is 1.36. The number of para-hydroxylation sites is 1. The number of benzene rings is 2. The van der Waals surface area contributed by atoms with Crippen molar-refractivity contribution in [3.63, 3.8) is 0 Å². The second-order valence-electron chi connectivity index (χ2n) is 6.76. The van der Waals surface area contributed by atoms with Crippen LogP contribution in [0.2, 0.25) is 0 Å². The molecular formula is C21H26FNO2. The molecule has 0 bridgehead atoms. The first-order valence-electron chi connectivity index (χ1n) is 8.73. The molecule has 134 valence electrons. The first-order valence-corrected chi connectivity index (χ1v) is 8.73. The van der Waals surface area contributed by atoms with Crippen molar-refractivity contribution in [2.75, 3.05) is 0 Å². The molecule has 0 saturated heterocycles. The highest BCUT2D eigenvalue weighted by atomic mass is 19.1. The van der Waals surface area contributed by atoms with Gasteiger partial charge in [0.25, 0.3) is 5.91 Å². The van der Waals surface area contributed by atoms with E-state index in [1.54, 1.807) is 24.3 Å². The molecule has 0 aliphatic rings. The molecule has 2 aromatic carbocycles. The van der Waals surface area contributed by atoms with E-state index in [0.29, 0.717) is 17.2 Å². The number of hydrogen-bond acceptors (Lipinski definition) is 2. The zero-order valence-electron chi connectivity index (χ0n) is 15.1.